The lowest BCUT2D eigenvalue weighted by Crippen LogP contribution is -2.47. The zero-order valence-corrected chi connectivity index (χ0v) is 13.0. The Morgan fingerprint density at radius 1 is 1.25 bits per heavy atom. The molecular formula is C16H24N2O2. The molecule has 2 fully saturated rings. The van der Waals surface area contributed by atoms with Crippen molar-refractivity contribution in [3.63, 3.8) is 0 Å². The molecule has 0 radical (unpaired) electrons. The molecule has 0 spiro atoms. The molecule has 0 saturated carbocycles. The van der Waals surface area contributed by atoms with Crippen molar-refractivity contribution in [2.24, 2.45) is 11.8 Å². The van der Waals surface area contributed by atoms with Crippen molar-refractivity contribution in [2.45, 2.75) is 40.2 Å². The Balaban J connectivity index is 1.95. The third-order valence-electron chi connectivity index (χ3n) is 5.38. The number of furan rings is 1. The van der Waals surface area contributed by atoms with Gasteiger partial charge in [-0.2, -0.15) is 0 Å². The number of likely N-dealkylation sites (tertiary alicyclic amines) is 1. The van der Waals surface area contributed by atoms with Crippen LogP contribution < -0.4 is 5.32 Å². The molecule has 2 unspecified atom stereocenters. The number of amides is 1. The van der Waals surface area contributed by atoms with Gasteiger partial charge in [0, 0.05) is 30.7 Å². The van der Waals surface area contributed by atoms with Gasteiger partial charge in [-0.05, 0) is 46.5 Å². The lowest BCUT2D eigenvalue weighted by Gasteiger charge is -2.35. The van der Waals surface area contributed by atoms with Crippen molar-refractivity contribution < 1.29 is 9.21 Å². The van der Waals surface area contributed by atoms with Gasteiger partial charge in [-0.3, -0.25) is 4.79 Å². The fourth-order valence-corrected chi connectivity index (χ4v) is 4.01. The summed E-state index contributed by atoms with van der Waals surface area (Å²) in [7, 11) is 0. The molecule has 2 saturated heterocycles. The number of aryl methyl sites for hydroxylation is 2. The van der Waals surface area contributed by atoms with E-state index >= 15 is 0 Å². The van der Waals surface area contributed by atoms with E-state index in [0.717, 1.165) is 42.3 Å². The van der Waals surface area contributed by atoms with Crippen molar-refractivity contribution in [3.05, 3.63) is 22.6 Å². The predicted molar refractivity (Wildman–Crippen MR) is 77.9 cm³/mol. The zero-order chi connectivity index (χ0) is 14.7. The molecule has 0 aliphatic carbocycles. The van der Waals surface area contributed by atoms with Gasteiger partial charge in [-0.1, -0.05) is 0 Å². The largest absolute Gasteiger partial charge is 0.466 e. The Labute approximate surface area is 120 Å². The number of rotatable bonds is 1. The van der Waals surface area contributed by atoms with E-state index in [-0.39, 0.29) is 11.4 Å². The van der Waals surface area contributed by atoms with Gasteiger partial charge in [0.1, 0.15) is 11.5 Å². The van der Waals surface area contributed by atoms with Gasteiger partial charge < -0.3 is 14.6 Å². The first-order valence-electron chi connectivity index (χ1n) is 7.43. The second-order valence-corrected chi connectivity index (χ2v) is 6.81. The number of nitrogens with one attached hydrogen (secondary N) is 1. The third kappa shape index (κ3) is 1.74. The molecule has 2 aliphatic heterocycles. The van der Waals surface area contributed by atoms with Crippen LogP contribution in [0.1, 0.15) is 41.3 Å². The summed E-state index contributed by atoms with van der Waals surface area (Å²) in [5, 5.41) is 3.45. The summed E-state index contributed by atoms with van der Waals surface area (Å²) in [6.45, 7) is 13.1. The van der Waals surface area contributed by atoms with E-state index in [1.165, 1.54) is 0 Å². The van der Waals surface area contributed by atoms with Crippen LogP contribution in [0.15, 0.2) is 4.42 Å². The average Bonchev–Trinajstić information content (AvgIpc) is 2.97. The van der Waals surface area contributed by atoms with Crippen molar-refractivity contribution >= 4 is 5.91 Å². The predicted octanol–water partition coefficient (Wildman–Crippen LogP) is 2.27. The van der Waals surface area contributed by atoms with Gasteiger partial charge in [0.2, 0.25) is 0 Å². The molecule has 20 heavy (non-hydrogen) atoms. The van der Waals surface area contributed by atoms with Crippen LogP contribution in [-0.2, 0) is 0 Å². The Kier molecular flexibility index (Phi) is 2.98. The number of carbonyl (C=O) groups is 1. The van der Waals surface area contributed by atoms with E-state index in [0.29, 0.717) is 11.8 Å². The van der Waals surface area contributed by atoms with Gasteiger partial charge in [0.15, 0.2) is 0 Å². The molecule has 1 N–H and O–H groups in total. The Bertz CT molecular complexity index is 559. The summed E-state index contributed by atoms with van der Waals surface area (Å²) in [6.07, 6.45) is 0. The maximum Gasteiger partial charge on any atom is 0.258 e. The van der Waals surface area contributed by atoms with E-state index in [1.807, 2.05) is 20.8 Å². The van der Waals surface area contributed by atoms with Gasteiger partial charge >= 0.3 is 0 Å². The molecule has 0 bridgehead atoms. The van der Waals surface area contributed by atoms with Crippen molar-refractivity contribution in [3.8, 4) is 0 Å². The van der Waals surface area contributed by atoms with Crippen LogP contribution in [0, 0.1) is 32.6 Å². The third-order valence-corrected chi connectivity index (χ3v) is 5.38. The molecule has 0 aromatic carbocycles. The topological polar surface area (TPSA) is 45.5 Å². The number of carbonyl (C=O) groups excluding carboxylic acids is 1. The molecule has 2 aliphatic rings. The highest BCUT2D eigenvalue weighted by atomic mass is 16.3. The van der Waals surface area contributed by atoms with Gasteiger partial charge in [0.25, 0.3) is 5.91 Å². The number of hydrogen-bond acceptors (Lipinski definition) is 3. The number of nitrogens with zero attached hydrogens (tertiary/aromatic N) is 1. The molecule has 4 heteroatoms. The van der Waals surface area contributed by atoms with E-state index < -0.39 is 0 Å². The maximum absolute atomic E-state index is 13.0. The van der Waals surface area contributed by atoms with E-state index in [2.05, 4.69) is 24.1 Å². The fourth-order valence-electron chi connectivity index (χ4n) is 4.01. The lowest BCUT2D eigenvalue weighted by molar-refractivity contribution is 0.0601. The smallest absolute Gasteiger partial charge is 0.258 e. The van der Waals surface area contributed by atoms with Gasteiger partial charge in [0.05, 0.1) is 5.56 Å². The lowest BCUT2D eigenvalue weighted by atomic mass is 9.84. The highest BCUT2D eigenvalue weighted by Crippen LogP contribution is 2.41. The number of hydrogen-bond donors (Lipinski definition) is 1. The maximum atomic E-state index is 13.0. The normalized spacial score (nSPS) is 27.9. The second-order valence-electron chi connectivity index (χ2n) is 6.81. The molecule has 4 nitrogen and oxygen atoms in total. The standard InChI is InChI=1S/C16H24N2O2/c1-9-10(2)20-11(3)14(9)15(19)18-8-12-6-17-7-13(12)16(18,4)5/h12-13,17H,6-8H2,1-5H3. The van der Waals surface area contributed by atoms with Crippen LogP contribution in [0.25, 0.3) is 0 Å². The Morgan fingerprint density at radius 3 is 2.50 bits per heavy atom. The van der Waals surface area contributed by atoms with Crippen LogP contribution in [0.2, 0.25) is 0 Å². The summed E-state index contributed by atoms with van der Waals surface area (Å²) in [5.74, 6) is 2.87. The first-order chi connectivity index (χ1) is 9.34. The molecule has 1 aromatic heterocycles. The first kappa shape index (κ1) is 13.7. The quantitative estimate of drug-likeness (QED) is 0.856. The molecule has 1 aromatic rings. The molecule has 2 atom stereocenters. The Morgan fingerprint density at radius 2 is 1.95 bits per heavy atom. The minimum atomic E-state index is -0.0880. The van der Waals surface area contributed by atoms with Crippen molar-refractivity contribution in [2.75, 3.05) is 19.6 Å². The summed E-state index contributed by atoms with van der Waals surface area (Å²) in [6, 6.07) is 0. The SMILES string of the molecule is Cc1oc(C)c(C(=O)N2CC3CNCC3C2(C)C)c1C. The second kappa shape index (κ2) is 4.35. The zero-order valence-electron chi connectivity index (χ0n) is 13.0. The summed E-state index contributed by atoms with van der Waals surface area (Å²) in [4.78, 5) is 15.1. The minimum Gasteiger partial charge on any atom is -0.466 e. The summed E-state index contributed by atoms with van der Waals surface area (Å²) < 4.78 is 5.63. The summed E-state index contributed by atoms with van der Waals surface area (Å²) >= 11 is 0. The van der Waals surface area contributed by atoms with Crippen LogP contribution in [0.3, 0.4) is 0 Å². The molecule has 3 rings (SSSR count). The van der Waals surface area contributed by atoms with Crippen molar-refractivity contribution in [1.82, 2.24) is 10.2 Å². The van der Waals surface area contributed by atoms with Crippen LogP contribution in [0.4, 0.5) is 0 Å². The van der Waals surface area contributed by atoms with Gasteiger partial charge in [-0.25, -0.2) is 0 Å². The highest BCUT2D eigenvalue weighted by Gasteiger charge is 2.51. The highest BCUT2D eigenvalue weighted by molar-refractivity contribution is 5.97. The van der Waals surface area contributed by atoms with Crippen LogP contribution in [-0.4, -0.2) is 36.0 Å². The van der Waals surface area contributed by atoms with E-state index in [4.69, 9.17) is 4.42 Å². The van der Waals surface area contributed by atoms with Crippen molar-refractivity contribution in [1.29, 1.82) is 0 Å². The van der Waals surface area contributed by atoms with Gasteiger partial charge in [-0.15, -0.1) is 0 Å². The fraction of sp³-hybridized carbons (Fsp3) is 0.688. The molecular weight excluding hydrogens is 252 g/mol. The molecule has 1 amide bonds. The first-order valence-corrected chi connectivity index (χ1v) is 7.43. The van der Waals surface area contributed by atoms with Crippen LogP contribution in [0.5, 0.6) is 0 Å². The van der Waals surface area contributed by atoms with Crippen LogP contribution >= 0.6 is 0 Å². The molecule has 110 valence electrons. The minimum absolute atomic E-state index is 0.0880. The summed E-state index contributed by atoms with van der Waals surface area (Å²) in [5.41, 5.74) is 1.66. The monoisotopic (exact) mass is 276 g/mol. The number of fused-ring (bicyclic) bond motifs is 1. The molecule has 3 heterocycles. The Hall–Kier alpha value is -1.29. The van der Waals surface area contributed by atoms with E-state index in [9.17, 15) is 4.79 Å². The average molecular weight is 276 g/mol. The van der Waals surface area contributed by atoms with E-state index in [1.54, 1.807) is 0 Å².